The number of nitrogens with one attached hydrogen (secondary N) is 2. The van der Waals surface area contributed by atoms with Crippen molar-refractivity contribution in [1.82, 2.24) is 15.5 Å². The molecule has 2 aromatic rings. The number of hydrogen-bond donors (Lipinski definition) is 2. The Balaban J connectivity index is 1.82. The van der Waals surface area contributed by atoms with E-state index < -0.39 is 17.5 Å². The molecule has 27 heavy (non-hydrogen) atoms. The van der Waals surface area contributed by atoms with E-state index in [0.29, 0.717) is 5.56 Å². The summed E-state index contributed by atoms with van der Waals surface area (Å²) in [5, 5.41) is 7.62. The summed E-state index contributed by atoms with van der Waals surface area (Å²) in [6.45, 7) is 7.27. The van der Waals surface area contributed by atoms with Crippen molar-refractivity contribution >= 4 is 28.6 Å². The van der Waals surface area contributed by atoms with Crippen LogP contribution in [0.4, 0.5) is 4.79 Å². The van der Waals surface area contributed by atoms with E-state index in [1.54, 1.807) is 6.92 Å². The number of hydrogen-bond acceptors (Lipinski definition) is 3. The number of rotatable bonds is 5. The molecule has 0 bridgehead atoms. The minimum atomic E-state index is -1.19. The highest BCUT2D eigenvalue weighted by molar-refractivity contribution is 6.09. The van der Waals surface area contributed by atoms with Gasteiger partial charge in [-0.2, -0.15) is 0 Å². The highest BCUT2D eigenvalue weighted by Crippen LogP contribution is 2.30. The zero-order valence-corrected chi connectivity index (χ0v) is 16.1. The number of imide groups is 1. The maximum Gasteiger partial charge on any atom is 0.325 e. The molecule has 1 aliphatic heterocycles. The van der Waals surface area contributed by atoms with E-state index in [9.17, 15) is 14.4 Å². The zero-order valence-electron chi connectivity index (χ0n) is 16.1. The van der Waals surface area contributed by atoms with Crippen molar-refractivity contribution in [3.63, 3.8) is 0 Å². The molecule has 0 aromatic heterocycles. The molecule has 2 atom stereocenters. The molecular weight excluding hydrogens is 342 g/mol. The van der Waals surface area contributed by atoms with Crippen LogP contribution in [-0.4, -0.2) is 35.3 Å². The molecule has 6 heteroatoms. The van der Waals surface area contributed by atoms with Crippen molar-refractivity contribution in [2.75, 3.05) is 6.54 Å². The number of fused-ring (bicyclic) bond motifs is 1. The van der Waals surface area contributed by atoms with Gasteiger partial charge in [-0.15, -0.1) is 0 Å². The van der Waals surface area contributed by atoms with Gasteiger partial charge in [0.1, 0.15) is 12.1 Å². The molecule has 4 amide bonds. The van der Waals surface area contributed by atoms with Gasteiger partial charge in [0.25, 0.3) is 5.91 Å². The Labute approximate surface area is 158 Å². The second-order valence-corrected chi connectivity index (χ2v) is 7.61. The second-order valence-electron chi connectivity index (χ2n) is 7.61. The lowest BCUT2D eigenvalue weighted by atomic mass is 9.90. The standard InChI is InChI=1S/C21H25N3O3/c1-13(2)14(3)22-18(25)12-24-19(26)21(4,23-20(24)27)17-10-9-15-7-5-6-8-16(15)11-17/h5-11,13-14H,12H2,1-4H3,(H,22,25)(H,23,27)/t14-,21+/m1/s1. The van der Waals surface area contributed by atoms with E-state index in [0.717, 1.165) is 15.7 Å². The quantitative estimate of drug-likeness (QED) is 0.798. The zero-order chi connectivity index (χ0) is 19.8. The summed E-state index contributed by atoms with van der Waals surface area (Å²) in [6, 6.07) is 12.9. The first-order chi connectivity index (χ1) is 12.7. The van der Waals surface area contributed by atoms with Gasteiger partial charge in [-0.1, -0.05) is 50.2 Å². The summed E-state index contributed by atoms with van der Waals surface area (Å²) >= 11 is 0. The number of nitrogens with zero attached hydrogens (tertiary/aromatic N) is 1. The largest absolute Gasteiger partial charge is 0.352 e. The molecule has 1 fully saturated rings. The van der Waals surface area contributed by atoms with Crippen molar-refractivity contribution < 1.29 is 14.4 Å². The first-order valence-electron chi connectivity index (χ1n) is 9.15. The van der Waals surface area contributed by atoms with Crippen LogP contribution in [0, 0.1) is 5.92 Å². The Morgan fingerprint density at radius 2 is 1.78 bits per heavy atom. The lowest BCUT2D eigenvalue weighted by Crippen LogP contribution is -2.46. The van der Waals surface area contributed by atoms with Crippen LogP contribution in [0.15, 0.2) is 42.5 Å². The average Bonchev–Trinajstić information content (AvgIpc) is 2.85. The Morgan fingerprint density at radius 3 is 2.44 bits per heavy atom. The third-order valence-corrected chi connectivity index (χ3v) is 5.29. The monoisotopic (exact) mass is 367 g/mol. The van der Waals surface area contributed by atoms with E-state index in [4.69, 9.17) is 0 Å². The number of carbonyl (C=O) groups excluding carboxylic acids is 3. The van der Waals surface area contributed by atoms with Crippen LogP contribution in [-0.2, 0) is 15.1 Å². The first kappa shape index (κ1) is 18.9. The van der Waals surface area contributed by atoms with Gasteiger partial charge in [0.2, 0.25) is 5.91 Å². The predicted molar refractivity (Wildman–Crippen MR) is 104 cm³/mol. The normalized spacial score (nSPS) is 20.9. The van der Waals surface area contributed by atoms with Crippen LogP contribution in [0.3, 0.4) is 0 Å². The topological polar surface area (TPSA) is 78.5 Å². The van der Waals surface area contributed by atoms with E-state index in [2.05, 4.69) is 10.6 Å². The van der Waals surface area contributed by atoms with Crippen LogP contribution in [0.1, 0.15) is 33.3 Å². The minimum Gasteiger partial charge on any atom is -0.352 e. The van der Waals surface area contributed by atoms with Crippen molar-refractivity contribution in [2.45, 2.75) is 39.3 Å². The molecule has 1 saturated heterocycles. The van der Waals surface area contributed by atoms with Gasteiger partial charge in [-0.3, -0.25) is 14.5 Å². The molecule has 2 N–H and O–H groups in total. The number of amides is 4. The van der Waals surface area contributed by atoms with Gasteiger partial charge >= 0.3 is 6.03 Å². The van der Waals surface area contributed by atoms with Crippen LogP contribution < -0.4 is 10.6 Å². The molecule has 0 unspecified atom stereocenters. The smallest absolute Gasteiger partial charge is 0.325 e. The van der Waals surface area contributed by atoms with Gasteiger partial charge in [-0.25, -0.2) is 4.79 Å². The second kappa shape index (κ2) is 7.02. The van der Waals surface area contributed by atoms with Crippen LogP contribution in [0.2, 0.25) is 0 Å². The SMILES string of the molecule is CC(C)[C@@H](C)NC(=O)CN1C(=O)N[C@@](C)(c2ccc3ccccc3c2)C1=O. The highest BCUT2D eigenvalue weighted by Gasteiger charge is 2.49. The fraction of sp³-hybridized carbons (Fsp3) is 0.381. The predicted octanol–water partition coefficient (Wildman–Crippen LogP) is 2.77. The van der Waals surface area contributed by atoms with Crippen molar-refractivity contribution in [3.05, 3.63) is 48.0 Å². The summed E-state index contributed by atoms with van der Waals surface area (Å²) in [5.74, 6) is -0.502. The van der Waals surface area contributed by atoms with E-state index in [1.165, 1.54) is 0 Å². The van der Waals surface area contributed by atoms with Crippen LogP contribution >= 0.6 is 0 Å². The number of urea groups is 1. The molecule has 0 aliphatic carbocycles. The Kier molecular flexibility index (Phi) is 4.91. The molecule has 6 nitrogen and oxygen atoms in total. The van der Waals surface area contributed by atoms with Gasteiger partial charge < -0.3 is 10.6 Å². The lowest BCUT2D eigenvalue weighted by molar-refractivity contribution is -0.135. The lowest BCUT2D eigenvalue weighted by Gasteiger charge is -2.23. The van der Waals surface area contributed by atoms with Crippen LogP contribution in [0.5, 0.6) is 0 Å². The molecule has 142 valence electrons. The Morgan fingerprint density at radius 1 is 1.11 bits per heavy atom. The highest BCUT2D eigenvalue weighted by atomic mass is 16.2. The fourth-order valence-corrected chi connectivity index (χ4v) is 3.15. The van der Waals surface area contributed by atoms with Gasteiger partial charge in [0.15, 0.2) is 0 Å². The van der Waals surface area contributed by atoms with Crippen molar-refractivity contribution in [1.29, 1.82) is 0 Å². The molecule has 1 aliphatic rings. The maximum atomic E-state index is 13.0. The number of benzene rings is 2. The molecule has 2 aromatic carbocycles. The van der Waals surface area contributed by atoms with E-state index in [-0.39, 0.29) is 24.4 Å². The van der Waals surface area contributed by atoms with Crippen molar-refractivity contribution in [3.8, 4) is 0 Å². The maximum absolute atomic E-state index is 13.0. The summed E-state index contributed by atoms with van der Waals surface area (Å²) in [5.41, 5.74) is -0.497. The molecule has 0 radical (unpaired) electrons. The first-order valence-corrected chi connectivity index (χ1v) is 9.15. The summed E-state index contributed by atoms with van der Waals surface area (Å²) in [4.78, 5) is 38.6. The molecule has 1 heterocycles. The Hall–Kier alpha value is -2.89. The summed E-state index contributed by atoms with van der Waals surface area (Å²) < 4.78 is 0. The third kappa shape index (κ3) is 3.52. The van der Waals surface area contributed by atoms with Crippen LogP contribution in [0.25, 0.3) is 10.8 Å². The average molecular weight is 367 g/mol. The number of carbonyl (C=O) groups is 3. The third-order valence-electron chi connectivity index (χ3n) is 5.29. The van der Waals surface area contributed by atoms with Gasteiger partial charge in [0.05, 0.1) is 0 Å². The Bertz CT molecular complexity index is 908. The molecule has 3 rings (SSSR count). The van der Waals surface area contributed by atoms with Gasteiger partial charge in [-0.05, 0) is 42.2 Å². The van der Waals surface area contributed by atoms with E-state index in [1.807, 2.05) is 63.2 Å². The molecule has 0 saturated carbocycles. The summed E-state index contributed by atoms with van der Waals surface area (Å²) in [6.07, 6.45) is 0. The fourth-order valence-electron chi connectivity index (χ4n) is 3.15. The molecular formula is C21H25N3O3. The molecule has 0 spiro atoms. The van der Waals surface area contributed by atoms with E-state index >= 15 is 0 Å². The minimum absolute atomic E-state index is 0.0369. The summed E-state index contributed by atoms with van der Waals surface area (Å²) in [7, 11) is 0. The van der Waals surface area contributed by atoms with Crippen molar-refractivity contribution in [2.24, 2.45) is 5.92 Å². The van der Waals surface area contributed by atoms with Gasteiger partial charge in [0, 0.05) is 6.04 Å².